The van der Waals surface area contributed by atoms with Crippen LogP contribution in [0.5, 0.6) is 11.6 Å². The van der Waals surface area contributed by atoms with Crippen molar-refractivity contribution in [3.63, 3.8) is 0 Å². The first kappa shape index (κ1) is 12.3. The van der Waals surface area contributed by atoms with Crippen molar-refractivity contribution >= 4 is 17.4 Å². The smallest absolute Gasteiger partial charge is 0.233 e. The number of benzene rings is 1. The maximum atomic E-state index is 12.9. The van der Waals surface area contributed by atoms with Crippen LogP contribution in [0.3, 0.4) is 0 Å². The molecule has 1 aromatic heterocycles. The quantitative estimate of drug-likeness (QED) is 0.660. The molecule has 0 atom stereocenters. The highest BCUT2D eigenvalue weighted by molar-refractivity contribution is 6.32. The number of rotatable bonds is 3. The Hall–Kier alpha value is -2.21. The minimum atomic E-state index is -0.471. The molecule has 0 fully saturated rings. The van der Waals surface area contributed by atoms with E-state index in [1.165, 1.54) is 24.7 Å². The van der Waals surface area contributed by atoms with Crippen LogP contribution in [-0.2, 0) is 0 Å². The average Bonchev–Trinajstić information content (AvgIpc) is 2.33. The van der Waals surface area contributed by atoms with Crippen molar-refractivity contribution in [2.75, 3.05) is 0 Å². The van der Waals surface area contributed by atoms with Gasteiger partial charge in [0, 0.05) is 6.20 Å². The second kappa shape index (κ2) is 4.97. The summed E-state index contributed by atoms with van der Waals surface area (Å²) >= 11 is 5.82. The third kappa shape index (κ3) is 2.54. The molecule has 0 aliphatic heterocycles. The van der Waals surface area contributed by atoms with Gasteiger partial charge in [0.15, 0.2) is 0 Å². The molecule has 2 rings (SSSR count). The summed E-state index contributed by atoms with van der Waals surface area (Å²) in [6.45, 7) is 0. The van der Waals surface area contributed by atoms with E-state index in [2.05, 4.69) is 9.97 Å². The van der Waals surface area contributed by atoms with Crippen LogP contribution in [0.1, 0.15) is 5.56 Å². The van der Waals surface area contributed by atoms with Crippen molar-refractivity contribution in [1.29, 1.82) is 5.41 Å². The fraction of sp³-hybridized carbons (Fsp3) is 0. The molecule has 0 unspecified atom stereocenters. The second-order valence-corrected chi connectivity index (χ2v) is 3.74. The fourth-order valence-electron chi connectivity index (χ4n) is 1.25. The molecule has 0 aliphatic carbocycles. The predicted octanol–water partition coefficient (Wildman–Crippen LogP) is 2.35. The first-order chi connectivity index (χ1) is 8.58. The molecule has 0 aliphatic rings. The van der Waals surface area contributed by atoms with E-state index in [1.54, 1.807) is 0 Å². The van der Waals surface area contributed by atoms with E-state index >= 15 is 0 Å². The number of ether oxygens (including phenoxy) is 1. The van der Waals surface area contributed by atoms with Gasteiger partial charge in [-0.1, -0.05) is 11.6 Å². The maximum absolute atomic E-state index is 12.9. The van der Waals surface area contributed by atoms with Gasteiger partial charge in [-0.3, -0.25) is 5.41 Å². The molecule has 5 nitrogen and oxygen atoms in total. The molecule has 0 amide bonds. The summed E-state index contributed by atoms with van der Waals surface area (Å²) in [5.74, 6) is -0.393. The van der Waals surface area contributed by atoms with Gasteiger partial charge in [0.1, 0.15) is 23.7 Å². The Labute approximate surface area is 107 Å². The number of halogens is 2. The molecule has 1 heterocycles. The van der Waals surface area contributed by atoms with E-state index in [1.807, 2.05) is 0 Å². The predicted molar refractivity (Wildman–Crippen MR) is 64.5 cm³/mol. The normalized spacial score (nSPS) is 10.1. The van der Waals surface area contributed by atoms with Crippen LogP contribution in [0, 0.1) is 11.2 Å². The number of amidine groups is 1. The van der Waals surface area contributed by atoms with Crippen molar-refractivity contribution in [2.45, 2.75) is 0 Å². The van der Waals surface area contributed by atoms with Crippen molar-refractivity contribution < 1.29 is 9.13 Å². The lowest BCUT2D eigenvalue weighted by atomic mass is 10.3. The Morgan fingerprint density at radius 2 is 2.22 bits per heavy atom. The number of hydrogen-bond acceptors (Lipinski definition) is 4. The number of nitrogens with zero attached hydrogens (tertiary/aromatic N) is 2. The summed E-state index contributed by atoms with van der Waals surface area (Å²) < 4.78 is 18.3. The highest BCUT2D eigenvalue weighted by Crippen LogP contribution is 2.29. The molecule has 2 aromatic rings. The minimum absolute atomic E-state index is 0.0889. The van der Waals surface area contributed by atoms with Crippen LogP contribution < -0.4 is 10.5 Å². The van der Waals surface area contributed by atoms with Crippen molar-refractivity contribution in [2.24, 2.45) is 5.73 Å². The molecule has 92 valence electrons. The average molecular weight is 267 g/mol. The van der Waals surface area contributed by atoms with Gasteiger partial charge in [-0.05, 0) is 18.2 Å². The Morgan fingerprint density at radius 3 is 2.89 bits per heavy atom. The second-order valence-electron chi connectivity index (χ2n) is 3.33. The zero-order valence-corrected chi connectivity index (χ0v) is 9.78. The third-order valence-corrected chi connectivity index (χ3v) is 2.36. The summed E-state index contributed by atoms with van der Waals surface area (Å²) in [6, 6.07) is 3.69. The molecule has 0 radical (unpaired) electrons. The van der Waals surface area contributed by atoms with E-state index in [4.69, 9.17) is 27.5 Å². The highest BCUT2D eigenvalue weighted by Gasteiger charge is 2.11. The van der Waals surface area contributed by atoms with Crippen LogP contribution in [0.4, 0.5) is 4.39 Å². The maximum Gasteiger partial charge on any atom is 0.233 e. The molecule has 3 N–H and O–H groups in total. The molecular formula is C11H8ClFN4O. The highest BCUT2D eigenvalue weighted by atomic mass is 35.5. The Balaban J connectivity index is 2.37. The molecule has 0 bridgehead atoms. The largest absolute Gasteiger partial charge is 0.437 e. The summed E-state index contributed by atoms with van der Waals surface area (Å²) in [5, 5.41) is 7.45. The van der Waals surface area contributed by atoms with E-state index < -0.39 is 5.82 Å². The zero-order chi connectivity index (χ0) is 13.1. The topological polar surface area (TPSA) is 84.9 Å². The Morgan fingerprint density at radius 1 is 1.44 bits per heavy atom. The summed E-state index contributed by atoms with van der Waals surface area (Å²) in [7, 11) is 0. The van der Waals surface area contributed by atoms with Gasteiger partial charge >= 0.3 is 0 Å². The minimum Gasteiger partial charge on any atom is -0.437 e. The van der Waals surface area contributed by atoms with Gasteiger partial charge in [0.05, 0.1) is 10.6 Å². The summed E-state index contributed by atoms with van der Waals surface area (Å²) in [4.78, 5) is 7.59. The van der Waals surface area contributed by atoms with Crippen LogP contribution in [-0.4, -0.2) is 15.8 Å². The van der Waals surface area contributed by atoms with E-state index in [-0.39, 0.29) is 28.1 Å². The van der Waals surface area contributed by atoms with Gasteiger partial charge in [-0.15, -0.1) is 0 Å². The number of nitrogens with one attached hydrogen (secondary N) is 1. The first-order valence-electron chi connectivity index (χ1n) is 4.85. The first-order valence-corrected chi connectivity index (χ1v) is 5.23. The van der Waals surface area contributed by atoms with Crippen LogP contribution in [0.2, 0.25) is 5.02 Å². The number of hydrogen-bond donors (Lipinski definition) is 2. The standard InChI is InChI=1S/C11H8ClFN4O/c12-8-3-6(13)1-2-9(8)18-11-7(10(14)15)4-16-5-17-11/h1-5H,(H3,14,15). The number of nitrogens with two attached hydrogens (primary N) is 1. The number of aromatic nitrogens is 2. The van der Waals surface area contributed by atoms with Gasteiger partial charge in [0.25, 0.3) is 0 Å². The molecular weight excluding hydrogens is 259 g/mol. The van der Waals surface area contributed by atoms with Crippen molar-refractivity contribution in [1.82, 2.24) is 9.97 Å². The van der Waals surface area contributed by atoms with Crippen LogP contribution in [0.25, 0.3) is 0 Å². The zero-order valence-electron chi connectivity index (χ0n) is 9.02. The van der Waals surface area contributed by atoms with E-state index in [9.17, 15) is 4.39 Å². The van der Waals surface area contributed by atoms with Crippen LogP contribution >= 0.6 is 11.6 Å². The monoisotopic (exact) mass is 266 g/mol. The molecule has 0 spiro atoms. The molecule has 0 saturated heterocycles. The molecule has 1 aromatic carbocycles. The Bertz CT molecular complexity index is 605. The summed E-state index contributed by atoms with van der Waals surface area (Å²) in [5.41, 5.74) is 5.59. The van der Waals surface area contributed by atoms with Gasteiger partial charge in [-0.25, -0.2) is 14.4 Å². The van der Waals surface area contributed by atoms with Crippen LogP contribution in [0.15, 0.2) is 30.7 Å². The van der Waals surface area contributed by atoms with E-state index in [0.29, 0.717) is 0 Å². The number of nitrogen functional groups attached to an aromatic ring is 1. The Kier molecular flexibility index (Phi) is 3.38. The van der Waals surface area contributed by atoms with Crippen molar-refractivity contribution in [3.8, 4) is 11.6 Å². The molecule has 7 heteroatoms. The fourth-order valence-corrected chi connectivity index (χ4v) is 1.45. The molecule has 0 saturated carbocycles. The lowest BCUT2D eigenvalue weighted by Crippen LogP contribution is -2.13. The van der Waals surface area contributed by atoms with Gasteiger partial charge < -0.3 is 10.5 Å². The van der Waals surface area contributed by atoms with Crippen molar-refractivity contribution in [3.05, 3.63) is 47.1 Å². The SMILES string of the molecule is N=C(N)c1cncnc1Oc1ccc(F)cc1Cl. The van der Waals surface area contributed by atoms with Gasteiger partial charge in [0.2, 0.25) is 5.88 Å². The lowest BCUT2D eigenvalue weighted by molar-refractivity contribution is 0.459. The van der Waals surface area contributed by atoms with Gasteiger partial charge in [-0.2, -0.15) is 0 Å². The van der Waals surface area contributed by atoms with E-state index in [0.717, 1.165) is 6.07 Å². The summed E-state index contributed by atoms with van der Waals surface area (Å²) in [6.07, 6.45) is 2.60. The molecule has 18 heavy (non-hydrogen) atoms. The third-order valence-electron chi connectivity index (χ3n) is 2.07. The lowest BCUT2D eigenvalue weighted by Gasteiger charge is -2.09.